The molecule has 1 saturated carbocycles. The van der Waals surface area contributed by atoms with E-state index >= 15 is 0 Å². The second-order valence-electron chi connectivity index (χ2n) is 6.72. The lowest BCUT2D eigenvalue weighted by atomic mass is 9.95. The maximum Gasteiger partial charge on any atom is 0.191 e. The Morgan fingerprint density at radius 3 is 2.72 bits per heavy atom. The highest BCUT2D eigenvalue weighted by atomic mass is 127. The van der Waals surface area contributed by atoms with Crippen molar-refractivity contribution in [2.24, 2.45) is 10.9 Å². The molecule has 2 fully saturated rings. The number of aliphatic imine (C=N–C) groups is 1. The van der Waals surface area contributed by atoms with E-state index in [0.717, 1.165) is 30.8 Å². The summed E-state index contributed by atoms with van der Waals surface area (Å²) in [6.07, 6.45) is 7.30. The number of thioether (sulfide) groups is 1. The van der Waals surface area contributed by atoms with E-state index in [2.05, 4.69) is 52.2 Å². The van der Waals surface area contributed by atoms with Crippen molar-refractivity contribution in [2.45, 2.75) is 43.1 Å². The second kappa shape index (κ2) is 10.6. The van der Waals surface area contributed by atoms with Crippen LogP contribution in [0.2, 0.25) is 0 Å². The SMILES string of the molecule is CN=C(NCC1CCOC1c1ccccc1)NC1CCC(SC)C1.I. The van der Waals surface area contributed by atoms with Crippen molar-refractivity contribution >= 4 is 41.7 Å². The highest BCUT2D eigenvalue weighted by Gasteiger charge is 2.30. The van der Waals surface area contributed by atoms with E-state index in [1.807, 2.05) is 18.8 Å². The Morgan fingerprint density at radius 2 is 2.04 bits per heavy atom. The van der Waals surface area contributed by atoms with Crippen molar-refractivity contribution < 1.29 is 4.74 Å². The van der Waals surface area contributed by atoms with E-state index in [1.54, 1.807) is 0 Å². The summed E-state index contributed by atoms with van der Waals surface area (Å²) >= 11 is 1.99. The van der Waals surface area contributed by atoms with Crippen LogP contribution in [0.4, 0.5) is 0 Å². The lowest BCUT2D eigenvalue weighted by molar-refractivity contribution is 0.0915. The molecule has 1 aromatic rings. The maximum absolute atomic E-state index is 5.98. The quantitative estimate of drug-likeness (QED) is 0.386. The van der Waals surface area contributed by atoms with Crippen molar-refractivity contribution in [3.8, 4) is 0 Å². The standard InChI is InChI=1S/C19H29N3OS.HI/c1-20-19(22-16-8-9-17(12-16)24-2)21-13-15-10-11-23-18(15)14-6-4-3-5-7-14;/h3-7,15-18H,8-13H2,1-2H3,(H2,20,21,22);1H. The van der Waals surface area contributed by atoms with Gasteiger partial charge in [0.05, 0.1) is 6.10 Å². The number of nitrogens with zero attached hydrogens (tertiary/aromatic N) is 1. The fourth-order valence-electron chi connectivity index (χ4n) is 3.76. The van der Waals surface area contributed by atoms with Gasteiger partial charge in [0.1, 0.15) is 0 Å². The van der Waals surface area contributed by atoms with Gasteiger partial charge in [0, 0.05) is 37.4 Å². The minimum absolute atomic E-state index is 0. The van der Waals surface area contributed by atoms with Crippen LogP contribution >= 0.6 is 35.7 Å². The molecule has 6 heteroatoms. The first kappa shape index (κ1) is 20.8. The maximum atomic E-state index is 5.98. The normalized spacial score (nSPS) is 29.3. The van der Waals surface area contributed by atoms with Gasteiger partial charge in [-0.2, -0.15) is 11.8 Å². The van der Waals surface area contributed by atoms with Crippen LogP contribution in [0.1, 0.15) is 37.4 Å². The third-order valence-electron chi connectivity index (χ3n) is 5.16. The Bertz CT molecular complexity index is 543. The molecule has 4 atom stereocenters. The molecule has 2 N–H and O–H groups in total. The molecular weight excluding hydrogens is 445 g/mol. The molecule has 1 aromatic carbocycles. The fourth-order valence-corrected chi connectivity index (χ4v) is 4.55. The molecule has 4 unspecified atom stereocenters. The summed E-state index contributed by atoms with van der Waals surface area (Å²) in [7, 11) is 1.86. The molecule has 4 nitrogen and oxygen atoms in total. The highest BCUT2D eigenvalue weighted by molar-refractivity contribution is 14.0. The Morgan fingerprint density at radius 1 is 1.24 bits per heavy atom. The third kappa shape index (κ3) is 5.76. The van der Waals surface area contributed by atoms with Crippen molar-refractivity contribution in [1.29, 1.82) is 0 Å². The second-order valence-corrected chi connectivity index (χ2v) is 7.85. The number of benzene rings is 1. The van der Waals surface area contributed by atoms with Crippen LogP contribution in [-0.4, -0.2) is 43.7 Å². The lowest BCUT2D eigenvalue weighted by Gasteiger charge is -2.22. The van der Waals surface area contributed by atoms with Crippen molar-refractivity contribution in [3.63, 3.8) is 0 Å². The molecular formula is C19H30IN3OS. The van der Waals surface area contributed by atoms with E-state index in [1.165, 1.54) is 24.8 Å². The third-order valence-corrected chi connectivity index (χ3v) is 6.25. The van der Waals surface area contributed by atoms with E-state index in [-0.39, 0.29) is 30.1 Å². The summed E-state index contributed by atoms with van der Waals surface area (Å²) in [5.41, 5.74) is 1.28. The smallest absolute Gasteiger partial charge is 0.191 e. The molecule has 1 aliphatic heterocycles. The van der Waals surface area contributed by atoms with E-state index in [9.17, 15) is 0 Å². The zero-order valence-electron chi connectivity index (χ0n) is 15.1. The molecule has 0 radical (unpaired) electrons. The van der Waals surface area contributed by atoms with Gasteiger partial charge in [0.2, 0.25) is 0 Å². The van der Waals surface area contributed by atoms with Gasteiger partial charge in [-0.05, 0) is 37.5 Å². The Hall–Kier alpha value is -0.470. The lowest BCUT2D eigenvalue weighted by Crippen LogP contribution is -2.44. The first-order valence-electron chi connectivity index (χ1n) is 8.96. The average molecular weight is 475 g/mol. The van der Waals surface area contributed by atoms with E-state index < -0.39 is 0 Å². The summed E-state index contributed by atoms with van der Waals surface area (Å²) in [4.78, 5) is 4.41. The van der Waals surface area contributed by atoms with Gasteiger partial charge in [-0.3, -0.25) is 4.99 Å². The van der Waals surface area contributed by atoms with Crippen LogP contribution in [0.3, 0.4) is 0 Å². The van der Waals surface area contributed by atoms with Gasteiger partial charge in [-0.25, -0.2) is 0 Å². The molecule has 3 rings (SSSR count). The van der Waals surface area contributed by atoms with E-state index in [0.29, 0.717) is 12.0 Å². The van der Waals surface area contributed by atoms with Crippen LogP contribution in [0, 0.1) is 5.92 Å². The molecule has 1 heterocycles. The zero-order chi connectivity index (χ0) is 16.8. The van der Waals surface area contributed by atoms with Gasteiger partial charge < -0.3 is 15.4 Å². The number of hydrogen-bond acceptors (Lipinski definition) is 3. The molecule has 0 spiro atoms. The van der Waals surface area contributed by atoms with Gasteiger partial charge in [0.25, 0.3) is 0 Å². The molecule has 2 aliphatic rings. The number of nitrogens with one attached hydrogen (secondary N) is 2. The summed E-state index contributed by atoms with van der Waals surface area (Å²) in [5, 5.41) is 7.91. The molecule has 0 aromatic heterocycles. The topological polar surface area (TPSA) is 45.7 Å². The van der Waals surface area contributed by atoms with E-state index in [4.69, 9.17) is 4.74 Å². The van der Waals surface area contributed by atoms with Crippen LogP contribution in [0.5, 0.6) is 0 Å². The van der Waals surface area contributed by atoms with Crippen molar-refractivity contribution in [3.05, 3.63) is 35.9 Å². The Kier molecular flexibility index (Phi) is 8.85. The van der Waals surface area contributed by atoms with Gasteiger partial charge >= 0.3 is 0 Å². The predicted octanol–water partition coefficient (Wildman–Crippen LogP) is 3.83. The number of hydrogen-bond donors (Lipinski definition) is 2. The van der Waals surface area contributed by atoms with Gasteiger partial charge in [0.15, 0.2) is 5.96 Å². The number of rotatable bonds is 5. The van der Waals surface area contributed by atoms with Gasteiger partial charge in [-0.1, -0.05) is 30.3 Å². The molecule has 1 saturated heterocycles. The Labute approximate surface area is 173 Å². The van der Waals surface area contributed by atoms with Crippen LogP contribution < -0.4 is 10.6 Å². The summed E-state index contributed by atoms with van der Waals surface area (Å²) in [6, 6.07) is 11.1. The summed E-state index contributed by atoms with van der Waals surface area (Å²) < 4.78 is 5.98. The largest absolute Gasteiger partial charge is 0.373 e. The first-order chi connectivity index (χ1) is 11.8. The first-order valence-corrected chi connectivity index (χ1v) is 10.3. The van der Waals surface area contributed by atoms with Crippen LogP contribution in [0.25, 0.3) is 0 Å². The highest BCUT2D eigenvalue weighted by Crippen LogP contribution is 2.34. The molecule has 25 heavy (non-hydrogen) atoms. The summed E-state index contributed by atoms with van der Waals surface area (Å²) in [5.74, 6) is 1.42. The minimum atomic E-state index is 0. The van der Waals surface area contributed by atoms with Crippen molar-refractivity contribution in [1.82, 2.24) is 10.6 Å². The number of ether oxygens (including phenoxy) is 1. The fraction of sp³-hybridized carbons (Fsp3) is 0.632. The number of halogens is 1. The molecule has 1 aliphatic carbocycles. The molecule has 0 amide bonds. The molecule has 140 valence electrons. The monoisotopic (exact) mass is 475 g/mol. The summed E-state index contributed by atoms with van der Waals surface area (Å²) in [6.45, 7) is 1.74. The van der Waals surface area contributed by atoms with Gasteiger partial charge in [-0.15, -0.1) is 24.0 Å². The Balaban J connectivity index is 0.00000225. The number of guanidine groups is 1. The molecule has 0 bridgehead atoms. The van der Waals surface area contributed by atoms with Crippen LogP contribution in [-0.2, 0) is 4.74 Å². The zero-order valence-corrected chi connectivity index (χ0v) is 18.3. The minimum Gasteiger partial charge on any atom is -0.373 e. The average Bonchev–Trinajstić information content (AvgIpc) is 3.28. The van der Waals surface area contributed by atoms with Crippen molar-refractivity contribution in [2.75, 3.05) is 26.5 Å². The predicted molar refractivity (Wildman–Crippen MR) is 118 cm³/mol. The van der Waals surface area contributed by atoms with Crippen LogP contribution in [0.15, 0.2) is 35.3 Å².